The zero-order valence-electron chi connectivity index (χ0n) is 13.4. The molecule has 21 heavy (non-hydrogen) atoms. The van der Waals surface area contributed by atoms with Gasteiger partial charge >= 0.3 is 6.03 Å². The summed E-state index contributed by atoms with van der Waals surface area (Å²) in [5.74, 6) is 0.887. The van der Waals surface area contributed by atoms with Crippen LogP contribution in [0.5, 0.6) is 0 Å². The largest absolute Gasteiger partial charge is 0.393 e. The van der Waals surface area contributed by atoms with E-state index in [1.807, 2.05) is 13.8 Å². The van der Waals surface area contributed by atoms with Crippen molar-refractivity contribution in [3.8, 4) is 0 Å². The predicted molar refractivity (Wildman–Crippen MR) is 86.7 cm³/mol. The van der Waals surface area contributed by atoms with Gasteiger partial charge in [0.2, 0.25) is 0 Å². The van der Waals surface area contributed by atoms with Crippen LogP contribution in [-0.2, 0) is 10.8 Å². The fourth-order valence-electron chi connectivity index (χ4n) is 2.94. The molecule has 1 aliphatic rings. The van der Waals surface area contributed by atoms with Crippen LogP contribution in [0.25, 0.3) is 0 Å². The minimum absolute atomic E-state index is 0.0200. The maximum atomic E-state index is 12.1. The molecule has 0 aromatic rings. The van der Waals surface area contributed by atoms with Crippen LogP contribution >= 0.6 is 0 Å². The lowest BCUT2D eigenvalue weighted by Crippen LogP contribution is -2.51. The monoisotopic (exact) mass is 318 g/mol. The molecule has 0 heterocycles. The van der Waals surface area contributed by atoms with Crippen molar-refractivity contribution in [1.29, 1.82) is 0 Å². The summed E-state index contributed by atoms with van der Waals surface area (Å²) < 4.78 is 12.1. The molecule has 0 bridgehead atoms. The van der Waals surface area contributed by atoms with Gasteiger partial charge in [0.1, 0.15) is 0 Å². The van der Waals surface area contributed by atoms with E-state index in [9.17, 15) is 14.1 Å². The average Bonchev–Trinajstić information content (AvgIpc) is 2.44. The van der Waals surface area contributed by atoms with Gasteiger partial charge in [-0.1, -0.05) is 26.7 Å². The molecule has 0 spiro atoms. The molecule has 0 aromatic heterocycles. The van der Waals surface area contributed by atoms with Crippen LogP contribution < -0.4 is 10.6 Å². The number of aliphatic hydroxyl groups is 1. The topological polar surface area (TPSA) is 78.4 Å². The van der Waals surface area contributed by atoms with Crippen LogP contribution in [0, 0.1) is 5.92 Å². The summed E-state index contributed by atoms with van der Waals surface area (Å²) in [6.45, 7) is 6.23. The predicted octanol–water partition coefficient (Wildman–Crippen LogP) is 1.77. The Labute approximate surface area is 130 Å². The maximum Gasteiger partial charge on any atom is 0.315 e. The first-order chi connectivity index (χ1) is 9.93. The van der Waals surface area contributed by atoms with Gasteiger partial charge in [-0.2, -0.15) is 0 Å². The highest BCUT2D eigenvalue weighted by Gasteiger charge is 2.30. The number of urea groups is 1. The number of hydrogen-bond donors (Lipinski definition) is 3. The molecule has 124 valence electrons. The summed E-state index contributed by atoms with van der Waals surface area (Å²) >= 11 is 0. The fourth-order valence-corrected chi connectivity index (χ4v) is 4.37. The quantitative estimate of drug-likeness (QED) is 0.669. The standard InChI is InChI=1S/C15H30N2O3S/c1-4-21(20)14-8-6-5-7-13(14)17-15(19)16-10-11(2)9-12(3)18/h11-14,18H,4-10H2,1-3H3,(H2,16,17,19). The van der Waals surface area contributed by atoms with E-state index >= 15 is 0 Å². The Morgan fingerprint density at radius 2 is 2.00 bits per heavy atom. The molecule has 1 rings (SSSR count). The molecule has 1 saturated carbocycles. The second kappa shape index (κ2) is 9.41. The molecular weight excluding hydrogens is 288 g/mol. The van der Waals surface area contributed by atoms with Gasteiger partial charge in [0.05, 0.1) is 11.4 Å². The first kappa shape index (κ1) is 18.4. The van der Waals surface area contributed by atoms with Crippen molar-refractivity contribution < 1.29 is 14.1 Å². The van der Waals surface area contributed by atoms with Gasteiger partial charge in [0, 0.05) is 29.1 Å². The van der Waals surface area contributed by atoms with E-state index in [2.05, 4.69) is 10.6 Å². The minimum Gasteiger partial charge on any atom is -0.393 e. The van der Waals surface area contributed by atoms with Crippen molar-refractivity contribution in [2.45, 2.75) is 70.3 Å². The van der Waals surface area contributed by atoms with Gasteiger partial charge < -0.3 is 15.7 Å². The zero-order chi connectivity index (χ0) is 15.8. The van der Waals surface area contributed by atoms with Gasteiger partial charge in [-0.05, 0) is 32.1 Å². The maximum absolute atomic E-state index is 12.1. The van der Waals surface area contributed by atoms with Crippen molar-refractivity contribution in [3.63, 3.8) is 0 Å². The van der Waals surface area contributed by atoms with Crippen LogP contribution in [0.4, 0.5) is 4.79 Å². The molecule has 6 heteroatoms. The summed E-state index contributed by atoms with van der Waals surface area (Å²) in [5.41, 5.74) is 0. The highest BCUT2D eigenvalue weighted by molar-refractivity contribution is 7.85. The smallest absolute Gasteiger partial charge is 0.315 e. The Bertz CT molecular complexity index is 350. The summed E-state index contributed by atoms with van der Waals surface area (Å²) in [7, 11) is -0.856. The van der Waals surface area contributed by atoms with E-state index in [0.717, 1.165) is 25.7 Å². The summed E-state index contributed by atoms with van der Waals surface area (Å²) in [6, 6.07) is -0.163. The van der Waals surface area contributed by atoms with E-state index in [-0.39, 0.29) is 29.3 Å². The SMILES string of the molecule is CCS(=O)C1CCCCC1NC(=O)NCC(C)CC(C)O. The molecule has 1 fully saturated rings. The number of amides is 2. The lowest BCUT2D eigenvalue weighted by atomic mass is 9.95. The van der Waals surface area contributed by atoms with Crippen LogP contribution in [0.2, 0.25) is 0 Å². The fraction of sp³-hybridized carbons (Fsp3) is 0.933. The number of hydrogen-bond acceptors (Lipinski definition) is 3. The van der Waals surface area contributed by atoms with E-state index in [1.54, 1.807) is 6.92 Å². The van der Waals surface area contributed by atoms with Crippen molar-refractivity contribution in [1.82, 2.24) is 10.6 Å². The van der Waals surface area contributed by atoms with E-state index in [1.165, 1.54) is 0 Å². The van der Waals surface area contributed by atoms with Crippen molar-refractivity contribution in [3.05, 3.63) is 0 Å². The summed E-state index contributed by atoms with van der Waals surface area (Å²) in [4.78, 5) is 12.0. The second-order valence-corrected chi connectivity index (χ2v) is 8.09. The number of carbonyl (C=O) groups is 1. The van der Waals surface area contributed by atoms with Crippen molar-refractivity contribution in [2.75, 3.05) is 12.3 Å². The van der Waals surface area contributed by atoms with Crippen molar-refractivity contribution >= 4 is 16.8 Å². The molecule has 5 unspecified atom stereocenters. The third-order valence-corrected chi connectivity index (χ3v) is 5.80. The van der Waals surface area contributed by atoms with E-state index in [0.29, 0.717) is 18.7 Å². The Kier molecular flexibility index (Phi) is 8.26. The lowest BCUT2D eigenvalue weighted by Gasteiger charge is -2.31. The molecule has 0 radical (unpaired) electrons. The van der Waals surface area contributed by atoms with Gasteiger partial charge in [-0.15, -0.1) is 0 Å². The Hall–Kier alpha value is -0.620. The van der Waals surface area contributed by atoms with Gasteiger partial charge in [0.25, 0.3) is 0 Å². The Morgan fingerprint density at radius 1 is 1.33 bits per heavy atom. The van der Waals surface area contributed by atoms with Crippen LogP contribution in [0.1, 0.15) is 52.9 Å². The molecule has 2 amide bonds. The molecule has 0 saturated heterocycles. The first-order valence-corrected chi connectivity index (χ1v) is 9.41. The molecule has 5 nitrogen and oxygen atoms in total. The normalized spacial score (nSPS) is 26.7. The molecule has 0 aliphatic heterocycles. The summed E-state index contributed by atoms with van der Waals surface area (Å²) in [5, 5.41) is 15.2. The Balaban J connectivity index is 2.39. The van der Waals surface area contributed by atoms with Crippen molar-refractivity contribution in [2.24, 2.45) is 5.92 Å². The first-order valence-electron chi connectivity index (χ1n) is 8.03. The average molecular weight is 318 g/mol. The van der Waals surface area contributed by atoms with Gasteiger partial charge in [0.15, 0.2) is 0 Å². The highest BCUT2D eigenvalue weighted by atomic mass is 32.2. The van der Waals surface area contributed by atoms with E-state index < -0.39 is 10.8 Å². The second-order valence-electron chi connectivity index (χ2n) is 6.14. The zero-order valence-corrected chi connectivity index (χ0v) is 14.2. The Morgan fingerprint density at radius 3 is 2.62 bits per heavy atom. The van der Waals surface area contributed by atoms with E-state index in [4.69, 9.17) is 0 Å². The molecule has 0 aromatic carbocycles. The lowest BCUT2D eigenvalue weighted by molar-refractivity contribution is 0.163. The van der Waals surface area contributed by atoms with Crippen LogP contribution in [0.15, 0.2) is 0 Å². The molecule has 1 aliphatic carbocycles. The third kappa shape index (κ3) is 6.78. The minimum atomic E-state index is -0.856. The number of rotatable bonds is 7. The third-order valence-electron chi connectivity index (χ3n) is 4.00. The number of nitrogens with one attached hydrogen (secondary N) is 2. The summed E-state index contributed by atoms with van der Waals surface area (Å²) in [6.07, 6.45) is 4.35. The molecular formula is C15H30N2O3S. The molecule has 5 atom stereocenters. The van der Waals surface area contributed by atoms with Crippen LogP contribution in [0.3, 0.4) is 0 Å². The highest BCUT2D eigenvalue weighted by Crippen LogP contribution is 2.23. The number of carbonyl (C=O) groups excluding carboxylic acids is 1. The van der Waals surface area contributed by atoms with Gasteiger partial charge in [-0.3, -0.25) is 4.21 Å². The van der Waals surface area contributed by atoms with Crippen LogP contribution in [-0.4, -0.2) is 45.0 Å². The number of aliphatic hydroxyl groups excluding tert-OH is 1. The van der Waals surface area contributed by atoms with Gasteiger partial charge in [-0.25, -0.2) is 4.79 Å². The molecule has 3 N–H and O–H groups in total.